The Labute approximate surface area is 294 Å². The van der Waals surface area contributed by atoms with Gasteiger partial charge >= 0.3 is 0 Å². The van der Waals surface area contributed by atoms with Gasteiger partial charge in [0.2, 0.25) is 23.6 Å². The first kappa shape index (κ1) is 38.0. The molecule has 11 nitrogen and oxygen atoms in total. The molecule has 2 aliphatic heterocycles. The number of amides is 4. The minimum Gasteiger partial charge on any atom is -0.384 e. The van der Waals surface area contributed by atoms with Crippen molar-refractivity contribution in [2.75, 3.05) is 33.4 Å². The van der Waals surface area contributed by atoms with E-state index < -0.39 is 18.1 Å². The summed E-state index contributed by atoms with van der Waals surface area (Å²) in [5.41, 5.74) is 0. The fourth-order valence-electron chi connectivity index (χ4n) is 9.18. The number of nitrogens with one attached hydrogen (secondary N) is 5. The summed E-state index contributed by atoms with van der Waals surface area (Å²) in [6, 6.07) is -2.22. The van der Waals surface area contributed by atoms with Crippen molar-refractivity contribution in [2.45, 2.75) is 159 Å². The van der Waals surface area contributed by atoms with E-state index >= 15 is 0 Å². The van der Waals surface area contributed by atoms with Crippen LogP contribution in [0, 0.1) is 23.7 Å². The van der Waals surface area contributed by atoms with Crippen molar-refractivity contribution in [2.24, 2.45) is 23.7 Å². The van der Waals surface area contributed by atoms with Crippen LogP contribution in [-0.4, -0.2) is 87.3 Å². The van der Waals surface area contributed by atoms with Crippen LogP contribution in [0.3, 0.4) is 0 Å². The molecular weight excluding hydrogens is 622 g/mol. The first-order valence-corrected chi connectivity index (χ1v) is 19.9. The summed E-state index contributed by atoms with van der Waals surface area (Å²) in [5.74, 6) is 0.427. The van der Waals surface area contributed by atoms with Gasteiger partial charge in [0.05, 0.1) is 18.8 Å². The monoisotopic (exact) mass is 687 g/mol. The van der Waals surface area contributed by atoms with Gasteiger partial charge in [-0.05, 0) is 101 Å². The molecule has 278 valence electrons. The van der Waals surface area contributed by atoms with Crippen molar-refractivity contribution >= 4 is 23.6 Å². The minimum absolute atomic E-state index is 0.134. The highest BCUT2D eigenvalue weighted by Gasteiger charge is 2.36. The van der Waals surface area contributed by atoms with Gasteiger partial charge in [0.25, 0.3) is 0 Å². The molecule has 5 unspecified atom stereocenters. The Morgan fingerprint density at radius 1 is 0.776 bits per heavy atom. The van der Waals surface area contributed by atoms with Gasteiger partial charge in [0, 0.05) is 20.1 Å². The molecule has 5 aliphatic rings. The molecule has 4 amide bonds. The van der Waals surface area contributed by atoms with E-state index in [9.17, 15) is 19.2 Å². The lowest BCUT2D eigenvalue weighted by atomic mass is 9.81. The van der Waals surface area contributed by atoms with Gasteiger partial charge < -0.3 is 36.1 Å². The van der Waals surface area contributed by atoms with E-state index in [4.69, 9.17) is 9.47 Å². The normalized spacial score (nSPS) is 33.9. The van der Waals surface area contributed by atoms with Crippen molar-refractivity contribution < 1.29 is 28.7 Å². The van der Waals surface area contributed by atoms with Crippen molar-refractivity contribution in [1.82, 2.24) is 26.6 Å². The average molecular weight is 688 g/mol. The predicted molar refractivity (Wildman–Crippen MR) is 189 cm³/mol. The number of rotatable bonds is 10. The molecule has 0 aromatic carbocycles. The smallest absolute Gasteiger partial charge is 0.243 e. The van der Waals surface area contributed by atoms with Crippen LogP contribution in [0.25, 0.3) is 0 Å². The fourth-order valence-corrected chi connectivity index (χ4v) is 9.18. The molecule has 5 rings (SSSR count). The van der Waals surface area contributed by atoms with Crippen LogP contribution in [0.4, 0.5) is 0 Å². The molecule has 3 aliphatic carbocycles. The van der Waals surface area contributed by atoms with Gasteiger partial charge in [-0.1, -0.05) is 57.8 Å². The number of carbonyl (C=O) groups excluding carboxylic acids is 4. The third kappa shape index (κ3) is 12.5. The standard InChI is InChI=1S/C38H65N5O6/c1-48-19-17-35(44)41-34-23-28-11-6-14-31(21-28)49-30-13-5-10-27(20-30)22-33(36(45)40-25-29-12-7-18-39-24-29)43-37(46)32(42-38(34)47)16-15-26-8-3-2-4-9-26/h26-34,39H,2-25H2,1H3,(H,40,45)(H,41,44)(H,42,47)(H,43,46)/t27?,28?,29?,30?,31?,32-,33-,34-/m0/s1. The molecule has 5 N–H and O–H groups in total. The first-order valence-electron chi connectivity index (χ1n) is 19.9. The summed E-state index contributed by atoms with van der Waals surface area (Å²) in [6.07, 6.45) is 18.9. The number of piperidine rings is 1. The van der Waals surface area contributed by atoms with Gasteiger partial charge in [0.1, 0.15) is 18.1 Å². The lowest BCUT2D eigenvalue weighted by Crippen LogP contribution is -2.57. The van der Waals surface area contributed by atoms with E-state index in [-0.39, 0.29) is 60.7 Å². The molecule has 0 spiro atoms. The third-order valence-corrected chi connectivity index (χ3v) is 12.0. The quantitative estimate of drug-likeness (QED) is 0.234. The number of hydrogen-bond donors (Lipinski definition) is 5. The summed E-state index contributed by atoms with van der Waals surface area (Å²) >= 11 is 0. The Morgan fingerprint density at radius 3 is 2.18 bits per heavy atom. The molecule has 2 heterocycles. The third-order valence-electron chi connectivity index (χ3n) is 12.0. The van der Waals surface area contributed by atoms with Crippen molar-refractivity contribution in [3.63, 3.8) is 0 Å². The SMILES string of the molecule is COCCC(=O)N[C@H]1CC2CCCC(C2)OC2CCCC(C2)C[C@@H](C(=O)NCC2CCCNC2)NC(=O)[C@H](CCC2CCCCC2)NC1=O. The molecule has 8 atom stereocenters. The van der Waals surface area contributed by atoms with Gasteiger partial charge in [-0.3, -0.25) is 19.2 Å². The molecule has 0 radical (unpaired) electrons. The molecule has 3 saturated carbocycles. The van der Waals surface area contributed by atoms with Crippen molar-refractivity contribution in [1.29, 1.82) is 0 Å². The predicted octanol–water partition coefficient (Wildman–Crippen LogP) is 3.88. The Morgan fingerprint density at radius 2 is 1.49 bits per heavy atom. The minimum atomic E-state index is -0.778. The van der Waals surface area contributed by atoms with Gasteiger partial charge in [0.15, 0.2) is 0 Å². The number of hydrogen-bond acceptors (Lipinski definition) is 7. The highest BCUT2D eigenvalue weighted by molar-refractivity contribution is 5.94. The second-order valence-corrected chi connectivity index (χ2v) is 15.9. The zero-order valence-electron chi connectivity index (χ0n) is 30.1. The number of ether oxygens (including phenoxy) is 2. The maximum Gasteiger partial charge on any atom is 0.243 e. The molecule has 0 aromatic rings. The van der Waals surface area contributed by atoms with Crippen molar-refractivity contribution in [3.8, 4) is 0 Å². The highest BCUT2D eigenvalue weighted by Crippen LogP contribution is 2.35. The number of carbonyl (C=O) groups is 4. The summed E-state index contributed by atoms with van der Waals surface area (Å²) < 4.78 is 11.9. The van der Waals surface area contributed by atoms with Crippen molar-refractivity contribution in [3.05, 3.63) is 0 Å². The van der Waals surface area contributed by atoms with Crippen LogP contribution in [0.15, 0.2) is 0 Å². The molecule has 2 saturated heterocycles. The van der Waals surface area contributed by atoms with E-state index in [0.29, 0.717) is 37.6 Å². The van der Waals surface area contributed by atoms with Crippen LogP contribution < -0.4 is 26.6 Å². The van der Waals surface area contributed by atoms with E-state index in [0.717, 1.165) is 96.6 Å². The first-order chi connectivity index (χ1) is 23.9. The topological polar surface area (TPSA) is 147 Å². The number of methoxy groups -OCH3 is 1. The highest BCUT2D eigenvalue weighted by atomic mass is 16.5. The van der Waals surface area contributed by atoms with E-state index in [2.05, 4.69) is 26.6 Å². The van der Waals surface area contributed by atoms with Gasteiger partial charge in [-0.25, -0.2) is 0 Å². The Bertz CT molecular complexity index is 1060. The Balaban J connectivity index is 1.37. The van der Waals surface area contributed by atoms with E-state index in [1.807, 2.05) is 0 Å². The molecule has 11 heteroatoms. The van der Waals surface area contributed by atoms with Crippen LogP contribution >= 0.6 is 0 Å². The lowest BCUT2D eigenvalue weighted by Gasteiger charge is -2.37. The number of fused-ring (bicyclic) bond motifs is 4. The van der Waals surface area contributed by atoms with Gasteiger partial charge in [-0.15, -0.1) is 0 Å². The molecule has 49 heavy (non-hydrogen) atoms. The fraction of sp³-hybridized carbons (Fsp3) is 0.895. The largest absolute Gasteiger partial charge is 0.384 e. The van der Waals surface area contributed by atoms with Gasteiger partial charge in [-0.2, -0.15) is 0 Å². The Hall–Kier alpha value is -2.24. The molecule has 4 bridgehead atoms. The summed E-state index contributed by atoms with van der Waals surface area (Å²) in [6.45, 7) is 2.76. The Kier molecular flexibility index (Phi) is 15.5. The van der Waals surface area contributed by atoms with E-state index in [1.165, 1.54) is 19.3 Å². The lowest BCUT2D eigenvalue weighted by molar-refractivity contribution is -0.135. The maximum atomic E-state index is 14.2. The maximum absolute atomic E-state index is 14.2. The molecular formula is C38H65N5O6. The van der Waals surface area contributed by atoms with Crippen LogP contribution in [0.5, 0.6) is 0 Å². The molecule has 0 aromatic heterocycles. The summed E-state index contributed by atoms with van der Waals surface area (Å²) in [7, 11) is 1.55. The summed E-state index contributed by atoms with van der Waals surface area (Å²) in [5, 5.41) is 15.8. The van der Waals surface area contributed by atoms with E-state index in [1.54, 1.807) is 7.11 Å². The zero-order valence-corrected chi connectivity index (χ0v) is 30.1. The van der Waals surface area contributed by atoms with Crippen LogP contribution in [0.1, 0.15) is 128 Å². The second-order valence-electron chi connectivity index (χ2n) is 15.9. The molecule has 5 fully saturated rings. The zero-order chi connectivity index (χ0) is 34.4. The van der Waals surface area contributed by atoms with Crippen LogP contribution in [0.2, 0.25) is 0 Å². The van der Waals surface area contributed by atoms with Crippen LogP contribution in [-0.2, 0) is 28.7 Å². The summed E-state index contributed by atoms with van der Waals surface area (Å²) in [4.78, 5) is 55.1. The average Bonchev–Trinajstić information content (AvgIpc) is 3.11. The second kappa shape index (κ2) is 20.0.